The first-order chi connectivity index (χ1) is 10.9. The lowest BCUT2D eigenvalue weighted by Gasteiger charge is -2.34. The predicted molar refractivity (Wildman–Crippen MR) is 94.0 cm³/mol. The Morgan fingerprint density at radius 1 is 1.22 bits per heavy atom. The molecule has 0 unspecified atom stereocenters. The smallest absolute Gasteiger partial charge is 0.242 e. The third-order valence-corrected chi connectivity index (χ3v) is 6.82. The first-order valence-electron chi connectivity index (χ1n) is 7.89. The average Bonchev–Trinajstić information content (AvgIpc) is 2.93. The fraction of sp³-hybridized carbons (Fsp3) is 0.471. The fourth-order valence-electron chi connectivity index (χ4n) is 3.26. The number of hydrogen-bond donors (Lipinski definition) is 0. The first kappa shape index (κ1) is 16.6. The maximum atomic E-state index is 13.0. The van der Waals surface area contributed by atoms with Gasteiger partial charge in [0.1, 0.15) is 0 Å². The molecular weight excluding hydrogens is 328 g/mol. The van der Waals surface area contributed by atoms with Crippen LogP contribution >= 0.6 is 11.3 Å². The van der Waals surface area contributed by atoms with E-state index in [9.17, 15) is 8.42 Å². The van der Waals surface area contributed by atoms with Crippen LogP contribution in [0.3, 0.4) is 0 Å². The molecule has 0 radical (unpaired) electrons. The molecule has 6 heteroatoms. The second-order valence-corrected chi connectivity index (χ2v) is 9.55. The Morgan fingerprint density at radius 3 is 2.52 bits per heavy atom. The number of benzene rings is 1. The largest absolute Gasteiger partial charge is 0.243 e. The highest BCUT2D eigenvalue weighted by Gasteiger charge is 2.31. The van der Waals surface area contributed by atoms with Gasteiger partial charge in [-0.2, -0.15) is 4.31 Å². The lowest BCUT2D eigenvalue weighted by Crippen LogP contribution is -2.42. The third kappa shape index (κ3) is 3.49. The van der Waals surface area contributed by atoms with Crippen LogP contribution in [-0.4, -0.2) is 30.8 Å². The van der Waals surface area contributed by atoms with Crippen molar-refractivity contribution in [2.75, 3.05) is 13.1 Å². The zero-order valence-electron chi connectivity index (χ0n) is 13.7. The minimum Gasteiger partial charge on any atom is -0.242 e. The number of rotatable bonds is 3. The molecule has 0 aliphatic carbocycles. The molecule has 124 valence electrons. The Kier molecular flexibility index (Phi) is 4.58. The highest BCUT2D eigenvalue weighted by atomic mass is 32.2. The molecule has 0 saturated carbocycles. The van der Waals surface area contributed by atoms with Gasteiger partial charge in [0.2, 0.25) is 10.0 Å². The van der Waals surface area contributed by atoms with Gasteiger partial charge in [0, 0.05) is 24.0 Å². The topological polar surface area (TPSA) is 50.3 Å². The molecular formula is C17H22N2O2S2. The van der Waals surface area contributed by atoms with Gasteiger partial charge in [-0.25, -0.2) is 13.4 Å². The summed E-state index contributed by atoms with van der Waals surface area (Å²) in [6.07, 6.45) is 1.09. The molecule has 2 atom stereocenters. The molecule has 3 rings (SSSR count). The van der Waals surface area contributed by atoms with Crippen LogP contribution in [0.2, 0.25) is 0 Å². The maximum absolute atomic E-state index is 13.0. The Labute approximate surface area is 142 Å². The Hall–Kier alpha value is -1.24. The number of aryl methyl sites for hydroxylation is 1. The van der Waals surface area contributed by atoms with Crippen molar-refractivity contribution in [2.45, 2.75) is 32.1 Å². The zero-order valence-corrected chi connectivity index (χ0v) is 15.3. The molecule has 0 amide bonds. The molecule has 0 spiro atoms. The van der Waals surface area contributed by atoms with E-state index in [-0.39, 0.29) is 0 Å². The third-order valence-electron chi connectivity index (χ3n) is 4.22. The van der Waals surface area contributed by atoms with Crippen LogP contribution in [0.4, 0.5) is 0 Å². The molecule has 1 aromatic heterocycles. The van der Waals surface area contributed by atoms with Crippen LogP contribution in [0.5, 0.6) is 0 Å². The summed E-state index contributed by atoms with van der Waals surface area (Å²) >= 11 is 1.57. The van der Waals surface area contributed by atoms with Gasteiger partial charge in [0.05, 0.1) is 15.6 Å². The Bertz CT molecular complexity index is 788. The number of piperidine rings is 1. The fourth-order valence-corrected chi connectivity index (χ4v) is 5.61. The minimum atomic E-state index is -3.44. The number of nitrogens with zero attached hydrogens (tertiary/aromatic N) is 2. The van der Waals surface area contributed by atoms with Crippen LogP contribution < -0.4 is 0 Å². The molecule has 1 aromatic carbocycles. The van der Waals surface area contributed by atoms with Crippen LogP contribution in [0, 0.1) is 18.8 Å². The van der Waals surface area contributed by atoms with E-state index in [0.29, 0.717) is 29.8 Å². The van der Waals surface area contributed by atoms with E-state index >= 15 is 0 Å². The van der Waals surface area contributed by atoms with Crippen LogP contribution in [-0.2, 0) is 10.0 Å². The molecule has 2 aromatic rings. The second kappa shape index (κ2) is 6.34. The zero-order chi connectivity index (χ0) is 16.6. The summed E-state index contributed by atoms with van der Waals surface area (Å²) in [5.74, 6) is 0.802. The second-order valence-electron chi connectivity index (χ2n) is 6.55. The van der Waals surface area contributed by atoms with E-state index in [1.54, 1.807) is 33.8 Å². The van der Waals surface area contributed by atoms with E-state index < -0.39 is 10.0 Å². The molecule has 2 heterocycles. The van der Waals surface area contributed by atoms with Crippen molar-refractivity contribution in [3.05, 3.63) is 34.7 Å². The van der Waals surface area contributed by atoms with Crippen molar-refractivity contribution in [3.8, 4) is 11.3 Å². The minimum absolute atomic E-state index is 0.363. The summed E-state index contributed by atoms with van der Waals surface area (Å²) in [5, 5.41) is 2.94. The SMILES string of the molecule is Cc1nc(-c2cccc(S(=O)(=O)N3C[C@H](C)C[C@@H](C)C3)c2)cs1. The van der Waals surface area contributed by atoms with Crippen LogP contribution in [0.25, 0.3) is 11.3 Å². The molecule has 1 aliphatic rings. The maximum Gasteiger partial charge on any atom is 0.243 e. The molecule has 0 N–H and O–H groups in total. The van der Waals surface area contributed by atoms with E-state index in [2.05, 4.69) is 18.8 Å². The average molecular weight is 351 g/mol. The van der Waals surface area contributed by atoms with E-state index in [0.717, 1.165) is 22.7 Å². The Morgan fingerprint density at radius 2 is 1.91 bits per heavy atom. The van der Waals surface area contributed by atoms with E-state index in [1.807, 2.05) is 18.4 Å². The number of thiazole rings is 1. The lowest BCUT2D eigenvalue weighted by molar-refractivity contribution is 0.222. The standard InChI is InChI=1S/C17H22N2O2S2/c1-12-7-13(2)10-19(9-12)23(20,21)16-6-4-5-15(8-16)17-11-22-14(3)18-17/h4-6,8,11-13H,7,9-10H2,1-3H3/t12-,13-/m1/s1. The van der Waals surface area contributed by atoms with E-state index in [1.165, 1.54) is 0 Å². The number of hydrogen-bond acceptors (Lipinski definition) is 4. The molecule has 23 heavy (non-hydrogen) atoms. The van der Waals surface area contributed by atoms with Gasteiger partial charge in [-0.1, -0.05) is 26.0 Å². The van der Waals surface area contributed by atoms with Gasteiger partial charge in [0.15, 0.2) is 0 Å². The van der Waals surface area contributed by atoms with Gasteiger partial charge in [-0.05, 0) is 37.3 Å². The predicted octanol–water partition coefficient (Wildman–Crippen LogP) is 3.79. The van der Waals surface area contributed by atoms with Crippen molar-refractivity contribution < 1.29 is 8.42 Å². The molecule has 0 bridgehead atoms. The van der Waals surface area contributed by atoms with Gasteiger partial charge in [0.25, 0.3) is 0 Å². The number of aromatic nitrogens is 1. The monoisotopic (exact) mass is 350 g/mol. The highest BCUT2D eigenvalue weighted by Crippen LogP contribution is 2.29. The van der Waals surface area contributed by atoms with Gasteiger partial charge in [-0.3, -0.25) is 0 Å². The molecule has 1 aliphatic heterocycles. The summed E-state index contributed by atoms with van der Waals surface area (Å²) in [6.45, 7) is 7.39. The number of sulfonamides is 1. The van der Waals surface area contributed by atoms with E-state index in [4.69, 9.17) is 0 Å². The van der Waals surface area contributed by atoms with Crippen LogP contribution in [0.15, 0.2) is 34.5 Å². The van der Waals surface area contributed by atoms with Crippen molar-refractivity contribution in [1.29, 1.82) is 0 Å². The van der Waals surface area contributed by atoms with Crippen molar-refractivity contribution in [1.82, 2.24) is 9.29 Å². The van der Waals surface area contributed by atoms with Crippen LogP contribution in [0.1, 0.15) is 25.3 Å². The molecule has 4 nitrogen and oxygen atoms in total. The normalized spacial score (nSPS) is 23.1. The molecule has 1 saturated heterocycles. The first-order valence-corrected chi connectivity index (χ1v) is 10.2. The van der Waals surface area contributed by atoms with Gasteiger partial charge >= 0.3 is 0 Å². The highest BCUT2D eigenvalue weighted by molar-refractivity contribution is 7.89. The quantitative estimate of drug-likeness (QED) is 0.846. The summed E-state index contributed by atoms with van der Waals surface area (Å²) in [5.41, 5.74) is 1.69. The van der Waals surface area contributed by atoms with Crippen molar-refractivity contribution >= 4 is 21.4 Å². The Balaban J connectivity index is 1.94. The molecule has 1 fully saturated rings. The summed E-state index contributed by atoms with van der Waals surface area (Å²) in [4.78, 5) is 4.81. The van der Waals surface area contributed by atoms with Crippen molar-refractivity contribution in [2.24, 2.45) is 11.8 Å². The summed E-state index contributed by atoms with van der Waals surface area (Å²) in [6, 6.07) is 7.14. The van der Waals surface area contributed by atoms with Gasteiger partial charge in [-0.15, -0.1) is 11.3 Å². The summed E-state index contributed by atoms with van der Waals surface area (Å²) in [7, 11) is -3.44. The summed E-state index contributed by atoms with van der Waals surface area (Å²) < 4.78 is 27.6. The van der Waals surface area contributed by atoms with Gasteiger partial charge < -0.3 is 0 Å². The lowest BCUT2D eigenvalue weighted by atomic mass is 9.94. The van der Waals surface area contributed by atoms with Crippen molar-refractivity contribution in [3.63, 3.8) is 0 Å².